The number of rotatable bonds is 7. The number of aromatic nitrogens is 1. The van der Waals surface area contributed by atoms with Crippen molar-refractivity contribution < 1.29 is 31.2 Å². The van der Waals surface area contributed by atoms with E-state index in [2.05, 4.69) is 29.0 Å². The SMILES string of the molecule is CC(C)N(C)[C@@H]1CC[C@H](N2CC[C@H](NC(=O)c3cccc(C(F)(F)F)n3)C2=O)[C@@H](CS(=O)(=O)C(C)(C)C)C1. The molecule has 1 saturated carbocycles. The van der Waals surface area contributed by atoms with E-state index in [0.717, 1.165) is 18.6 Å². The Labute approximate surface area is 223 Å². The molecule has 8 nitrogen and oxygen atoms in total. The predicted molar refractivity (Wildman–Crippen MR) is 138 cm³/mol. The number of hydrogen-bond acceptors (Lipinski definition) is 6. The number of pyridine rings is 1. The molecule has 1 N–H and O–H groups in total. The van der Waals surface area contributed by atoms with Crippen molar-refractivity contribution in [3.8, 4) is 0 Å². The predicted octanol–water partition coefficient (Wildman–Crippen LogP) is 3.52. The zero-order valence-electron chi connectivity index (χ0n) is 22.9. The average molecular weight is 561 g/mol. The molecule has 12 heteroatoms. The van der Waals surface area contributed by atoms with E-state index < -0.39 is 44.1 Å². The molecule has 0 radical (unpaired) electrons. The van der Waals surface area contributed by atoms with Gasteiger partial charge in [-0.2, -0.15) is 13.2 Å². The molecule has 2 amide bonds. The molecular weight excluding hydrogens is 521 g/mol. The fraction of sp³-hybridized carbons (Fsp3) is 0.731. The maximum absolute atomic E-state index is 13.4. The zero-order valence-corrected chi connectivity index (χ0v) is 23.7. The molecule has 2 aliphatic rings. The van der Waals surface area contributed by atoms with Crippen LogP contribution in [-0.2, 0) is 20.8 Å². The van der Waals surface area contributed by atoms with Crippen molar-refractivity contribution in [2.75, 3.05) is 19.3 Å². The first kappa shape index (κ1) is 30.3. The number of amides is 2. The minimum Gasteiger partial charge on any atom is -0.339 e. The lowest BCUT2D eigenvalue weighted by molar-refractivity contribution is -0.141. The van der Waals surface area contributed by atoms with Gasteiger partial charge in [0.1, 0.15) is 17.4 Å². The Hall–Kier alpha value is -2.21. The third-order valence-corrected chi connectivity index (χ3v) is 10.6. The molecule has 1 aromatic heterocycles. The minimum absolute atomic E-state index is 0.0431. The summed E-state index contributed by atoms with van der Waals surface area (Å²) >= 11 is 0. The van der Waals surface area contributed by atoms with Crippen molar-refractivity contribution >= 4 is 21.7 Å². The van der Waals surface area contributed by atoms with Crippen LogP contribution in [0.25, 0.3) is 0 Å². The van der Waals surface area contributed by atoms with E-state index in [0.29, 0.717) is 19.4 Å². The molecule has 0 bridgehead atoms. The Morgan fingerprint density at radius 1 is 1.18 bits per heavy atom. The first-order valence-corrected chi connectivity index (χ1v) is 14.7. The van der Waals surface area contributed by atoms with Gasteiger partial charge >= 0.3 is 6.18 Å². The summed E-state index contributed by atoms with van der Waals surface area (Å²) in [7, 11) is -1.43. The first-order valence-electron chi connectivity index (χ1n) is 13.0. The van der Waals surface area contributed by atoms with Crippen LogP contribution in [0.1, 0.15) is 76.5 Å². The molecule has 0 aromatic carbocycles. The normalized spacial score (nSPS) is 25.3. The van der Waals surface area contributed by atoms with E-state index in [9.17, 15) is 31.2 Å². The van der Waals surface area contributed by atoms with E-state index >= 15 is 0 Å². The van der Waals surface area contributed by atoms with Gasteiger partial charge in [-0.05, 0) is 85.4 Å². The summed E-state index contributed by atoms with van der Waals surface area (Å²) in [6.45, 7) is 9.53. The van der Waals surface area contributed by atoms with Crippen molar-refractivity contribution in [1.29, 1.82) is 0 Å². The van der Waals surface area contributed by atoms with Crippen LogP contribution in [0.4, 0.5) is 13.2 Å². The van der Waals surface area contributed by atoms with E-state index in [1.165, 1.54) is 6.07 Å². The number of halogens is 3. The lowest BCUT2D eigenvalue weighted by atomic mass is 9.81. The summed E-state index contributed by atoms with van der Waals surface area (Å²) in [6, 6.07) is 2.31. The van der Waals surface area contributed by atoms with Crippen LogP contribution in [0.3, 0.4) is 0 Å². The average Bonchev–Trinajstić information content (AvgIpc) is 3.16. The molecule has 214 valence electrons. The highest BCUT2D eigenvalue weighted by Gasteiger charge is 2.45. The Balaban J connectivity index is 1.77. The molecule has 38 heavy (non-hydrogen) atoms. The van der Waals surface area contributed by atoms with Crippen LogP contribution in [-0.4, -0.2) is 83.3 Å². The highest BCUT2D eigenvalue weighted by molar-refractivity contribution is 7.92. The van der Waals surface area contributed by atoms with Crippen molar-refractivity contribution in [1.82, 2.24) is 20.1 Å². The molecule has 1 saturated heterocycles. The third-order valence-electron chi connectivity index (χ3n) is 7.89. The number of carbonyl (C=O) groups excluding carboxylic acids is 2. The van der Waals surface area contributed by atoms with Crippen LogP contribution in [0.5, 0.6) is 0 Å². The second kappa shape index (κ2) is 11.1. The van der Waals surface area contributed by atoms with Gasteiger partial charge in [0.05, 0.1) is 10.5 Å². The molecule has 0 spiro atoms. The van der Waals surface area contributed by atoms with Gasteiger partial charge in [-0.25, -0.2) is 13.4 Å². The van der Waals surface area contributed by atoms with Gasteiger partial charge in [-0.15, -0.1) is 0 Å². The maximum atomic E-state index is 13.4. The van der Waals surface area contributed by atoms with Crippen LogP contribution < -0.4 is 5.32 Å². The van der Waals surface area contributed by atoms with E-state index in [1.54, 1.807) is 25.7 Å². The standard InChI is InChI=1S/C26H39F3N4O4S/c1-16(2)32(6)18-10-11-21(17(14-18)15-38(36,37)25(3,4)5)33-13-12-20(24(33)35)31-23(34)19-8-7-9-22(30-19)26(27,28)29/h7-9,16-18,20-21H,10-15H2,1-6H3,(H,31,34)/t17-,18-,20+,21+/m1/s1. The monoisotopic (exact) mass is 560 g/mol. The molecule has 0 unspecified atom stereocenters. The van der Waals surface area contributed by atoms with E-state index in [4.69, 9.17) is 0 Å². The van der Waals surface area contributed by atoms with Gasteiger partial charge in [0.2, 0.25) is 5.91 Å². The summed E-state index contributed by atoms with van der Waals surface area (Å²) < 4.78 is 64.4. The van der Waals surface area contributed by atoms with Gasteiger partial charge in [0, 0.05) is 24.7 Å². The van der Waals surface area contributed by atoms with Crippen molar-refractivity contribution in [3.63, 3.8) is 0 Å². The largest absolute Gasteiger partial charge is 0.433 e. The molecule has 1 aromatic rings. The zero-order chi connectivity index (χ0) is 28.6. The first-order chi connectivity index (χ1) is 17.4. The summed E-state index contributed by atoms with van der Waals surface area (Å²) in [5.41, 5.74) is -1.60. The van der Waals surface area contributed by atoms with Crippen molar-refractivity contribution in [2.45, 2.75) is 95.4 Å². The summed E-state index contributed by atoms with van der Waals surface area (Å²) in [4.78, 5) is 33.3. The maximum Gasteiger partial charge on any atom is 0.433 e. The molecule has 4 atom stereocenters. The van der Waals surface area contributed by atoms with Gasteiger partial charge < -0.3 is 15.1 Å². The van der Waals surface area contributed by atoms with Gasteiger partial charge in [0.25, 0.3) is 5.91 Å². The highest BCUT2D eigenvalue weighted by atomic mass is 32.2. The molecule has 3 rings (SSSR count). The number of alkyl halides is 3. The van der Waals surface area contributed by atoms with Crippen molar-refractivity contribution in [2.24, 2.45) is 5.92 Å². The second-order valence-corrected chi connectivity index (χ2v) is 14.5. The molecule has 1 aliphatic carbocycles. The highest BCUT2D eigenvalue weighted by Crippen LogP contribution is 2.36. The van der Waals surface area contributed by atoms with Crippen LogP contribution in [0, 0.1) is 5.92 Å². The second-order valence-electron chi connectivity index (χ2n) is 11.7. The van der Waals surface area contributed by atoms with E-state index in [1.807, 2.05) is 7.05 Å². The lowest BCUT2D eigenvalue weighted by Crippen LogP contribution is -2.53. The summed E-state index contributed by atoms with van der Waals surface area (Å²) in [5, 5.41) is 2.54. The minimum atomic E-state index is -4.69. The number of likely N-dealkylation sites (tertiary alicyclic amines) is 1. The Morgan fingerprint density at radius 2 is 1.84 bits per heavy atom. The number of nitrogens with zero attached hydrogens (tertiary/aromatic N) is 3. The lowest BCUT2D eigenvalue weighted by Gasteiger charge is -2.45. The molecule has 2 heterocycles. The molecular formula is C26H39F3N4O4S. The Kier molecular flexibility index (Phi) is 8.87. The molecule has 1 aliphatic heterocycles. The third kappa shape index (κ3) is 6.67. The number of nitrogens with one attached hydrogen (secondary N) is 1. The number of hydrogen-bond donors (Lipinski definition) is 1. The fourth-order valence-corrected chi connectivity index (χ4v) is 6.67. The van der Waals surface area contributed by atoms with Gasteiger partial charge in [-0.1, -0.05) is 6.07 Å². The Bertz CT molecular complexity index is 1130. The fourth-order valence-electron chi connectivity index (χ4n) is 5.25. The number of sulfone groups is 1. The van der Waals surface area contributed by atoms with E-state index in [-0.39, 0.29) is 42.1 Å². The molecule has 2 fully saturated rings. The van der Waals surface area contributed by atoms with Gasteiger partial charge in [0.15, 0.2) is 9.84 Å². The topological polar surface area (TPSA) is 99.7 Å². The Morgan fingerprint density at radius 3 is 2.42 bits per heavy atom. The van der Waals surface area contributed by atoms with Crippen molar-refractivity contribution in [3.05, 3.63) is 29.6 Å². The van der Waals surface area contributed by atoms with Crippen LogP contribution in [0.15, 0.2) is 18.2 Å². The van der Waals surface area contributed by atoms with Crippen LogP contribution in [0.2, 0.25) is 0 Å². The van der Waals surface area contributed by atoms with Crippen LogP contribution >= 0.6 is 0 Å². The summed E-state index contributed by atoms with van der Waals surface area (Å²) in [5.74, 6) is -1.52. The quantitative estimate of drug-likeness (QED) is 0.548. The summed E-state index contributed by atoms with van der Waals surface area (Å²) in [6.07, 6.45) is -2.34. The smallest absolute Gasteiger partial charge is 0.339 e. The van der Waals surface area contributed by atoms with Gasteiger partial charge in [-0.3, -0.25) is 9.59 Å². The number of carbonyl (C=O) groups is 2.